The molecular formula is C18H10N4O3S2. The molecule has 3 rings (SSSR count). The highest BCUT2D eigenvalue weighted by Gasteiger charge is 2.32. The number of thioether (sulfide) groups is 1. The second-order valence-corrected chi connectivity index (χ2v) is 7.00. The first kappa shape index (κ1) is 18.4. The van der Waals surface area contributed by atoms with Crippen molar-refractivity contribution in [1.82, 2.24) is 5.01 Å². The van der Waals surface area contributed by atoms with Gasteiger partial charge in [-0.2, -0.15) is 15.4 Å². The molecule has 1 fully saturated rings. The number of amides is 1. The smallest absolute Gasteiger partial charge is 0.266 e. The molecule has 1 saturated heterocycles. The normalized spacial score (nSPS) is 15.5. The number of benzene rings is 2. The number of nitro groups is 1. The predicted octanol–water partition coefficient (Wildman–Crippen LogP) is 3.70. The number of hydrogen-bond acceptors (Lipinski definition) is 7. The van der Waals surface area contributed by atoms with E-state index in [0.717, 1.165) is 22.3 Å². The number of hydrogen-bond donors (Lipinski definition) is 0. The van der Waals surface area contributed by atoms with Gasteiger partial charge in [-0.1, -0.05) is 23.9 Å². The topological polar surface area (TPSA) is 99.6 Å². The number of non-ortho nitro benzene ring substituents is 1. The maximum absolute atomic E-state index is 12.5. The minimum atomic E-state index is -0.489. The van der Waals surface area contributed by atoms with Crippen LogP contribution in [0.15, 0.2) is 58.5 Å². The van der Waals surface area contributed by atoms with Crippen molar-refractivity contribution in [2.75, 3.05) is 0 Å². The number of rotatable bonds is 4. The van der Waals surface area contributed by atoms with E-state index in [1.807, 2.05) is 6.07 Å². The van der Waals surface area contributed by atoms with Gasteiger partial charge in [0.25, 0.3) is 11.6 Å². The number of nitro benzene ring substituents is 1. The van der Waals surface area contributed by atoms with E-state index in [2.05, 4.69) is 5.10 Å². The number of thiocarbonyl (C=S) groups is 1. The second kappa shape index (κ2) is 7.90. The Kier molecular flexibility index (Phi) is 5.40. The Morgan fingerprint density at radius 2 is 1.78 bits per heavy atom. The molecule has 1 aliphatic rings. The van der Waals surface area contributed by atoms with Gasteiger partial charge in [0, 0.05) is 12.1 Å². The fraction of sp³-hybridized carbons (Fsp3) is 0. The van der Waals surface area contributed by atoms with Crippen LogP contribution in [0.5, 0.6) is 0 Å². The summed E-state index contributed by atoms with van der Waals surface area (Å²) in [6.45, 7) is 0. The van der Waals surface area contributed by atoms with Gasteiger partial charge in [0.05, 0.1) is 27.7 Å². The van der Waals surface area contributed by atoms with Crippen molar-refractivity contribution in [2.24, 2.45) is 5.10 Å². The molecule has 9 heteroatoms. The lowest BCUT2D eigenvalue weighted by molar-refractivity contribution is -0.384. The summed E-state index contributed by atoms with van der Waals surface area (Å²) in [5, 5.41) is 24.7. The minimum absolute atomic E-state index is 0.0249. The number of nitriles is 1. The Labute approximate surface area is 163 Å². The number of carbonyl (C=O) groups excluding carboxylic acids is 1. The number of hydrazone groups is 1. The van der Waals surface area contributed by atoms with Crippen LogP contribution in [0.1, 0.15) is 16.7 Å². The minimum Gasteiger partial charge on any atom is -0.266 e. The predicted molar refractivity (Wildman–Crippen MR) is 107 cm³/mol. The molecule has 7 nitrogen and oxygen atoms in total. The third-order valence-electron chi connectivity index (χ3n) is 3.54. The molecular weight excluding hydrogens is 384 g/mol. The SMILES string of the molecule is N#Cc1ccc(/C=C2/SC(=S)N(/N=C/c3ccc([N+](=O)[O-])cc3)C2=O)cc1. The van der Waals surface area contributed by atoms with Crippen molar-refractivity contribution in [3.05, 3.63) is 80.2 Å². The summed E-state index contributed by atoms with van der Waals surface area (Å²) in [5.41, 5.74) is 1.88. The summed E-state index contributed by atoms with van der Waals surface area (Å²) in [6.07, 6.45) is 3.10. The van der Waals surface area contributed by atoms with Gasteiger partial charge in [0.1, 0.15) is 0 Å². The van der Waals surface area contributed by atoms with Crippen LogP contribution in [0, 0.1) is 21.4 Å². The Bertz CT molecular complexity index is 1020. The van der Waals surface area contributed by atoms with E-state index in [1.165, 1.54) is 30.5 Å². The lowest BCUT2D eigenvalue weighted by Crippen LogP contribution is -2.22. The average Bonchev–Trinajstić information content (AvgIpc) is 2.94. The molecule has 1 heterocycles. The van der Waals surface area contributed by atoms with E-state index < -0.39 is 4.92 Å². The lowest BCUT2D eigenvalue weighted by Gasteiger charge is -2.05. The average molecular weight is 394 g/mol. The summed E-state index contributed by atoms with van der Waals surface area (Å²) in [4.78, 5) is 23.1. The third kappa shape index (κ3) is 4.25. The van der Waals surface area contributed by atoms with Gasteiger partial charge in [-0.25, -0.2) is 0 Å². The van der Waals surface area contributed by atoms with Gasteiger partial charge in [-0.15, -0.1) is 0 Å². The van der Waals surface area contributed by atoms with Crippen LogP contribution in [-0.4, -0.2) is 26.4 Å². The molecule has 0 spiro atoms. The van der Waals surface area contributed by atoms with Crippen LogP contribution in [0.2, 0.25) is 0 Å². The van der Waals surface area contributed by atoms with E-state index >= 15 is 0 Å². The van der Waals surface area contributed by atoms with Crippen molar-refractivity contribution in [3.63, 3.8) is 0 Å². The first-order valence-electron chi connectivity index (χ1n) is 7.54. The highest BCUT2D eigenvalue weighted by atomic mass is 32.2. The number of nitrogens with zero attached hydrogens (tertiary/aromatic N) is 4. The zero-order chi connectivity index (χ0) is 19.4. The quantitative estimate of drug-likeness (QED) is 0.258. The van der Waals surface area contributed by atoms with Gasteiger partial charge in [0.2, 0.25) is 0 Å². The summed E-state index contributed by atoms with van der Waals surface area (Å²) < 4.78 is 0.290. The van der Waals surface area contributed by atoms with Crippen LogP contribution >= 0.6 is 24.0 Å². The maximum atomic E-state index is 12.5. The largest absolute Gasteiger partial charge is 0.286 e. The molecule has 1 aliphatic heterocycles. The van der Waals surface area contributed by atoms with Crippen LogP contribution in [0.25, 0.3) is 6.08 Å². The fourth-order valence-corrected chi connectivity index (χ4v) is 3.34. The molecule has 0 unspecified atom stereocenters. The summed E-state index contributed by atoms with van der Waals surface area (Å²) in [6, 6.07) is 14.6. The number of carbonyl (C=O) groups is 1. The highest BCUT2D eigenvalue weighted by molar-refractivity contribution is 8.26. The maximum Gasteiger partial charge on any atom is 0.286 e. The third-order valence-corrected chi connectivity index (χ3v) is 4.82. The molecule has 2 aromatic carbocycles. The van der Waals surface area contributed by atoms with Crippen LogP contribution in [0.3, 0.4) is 0 Å². The van der Waals surface area contributed by atoms with E-state index in [4.69, 9.17) is 17.5 Å². The van der Waals surface area contributed by atoms with Crippen molar-refractivity contribution >= 4 is 52.2 Å². The molecule has 0 atom stereocenters. The van der Waals surface area contributed by atoms with Crippen LogP contribution in [-0.2, 0) is 4.79 Å². The monoisotopic (exact) mass is 394 g/mol. The summed E-state index contributed by atoms with van der Waals surface area (Å²) in [5.74, 6) is -0.354. The molecule has 2 aromatic rings. The van der Waals surface area contributed by atoms with Gasteiger partial charge in [-0.3, -0.25) is 14.9 Å². The van der Waals surface area contributed by atoms with Gasteiger partial charge < -0.3 is 0 Å². The molecule has 0 N–H and O–H groups in total. The zero-order valence-electron chi connectivity index (χ0n) is 13.6. The lowest BCUT2D eigenvalue weighted by atomic mass is 10.1. The van der Waals surface area contributed by atoms with Gasteiger partial charge >= 0.3 is 0 Å². The van der Waals surface area contributed by atoms with Gasteiger partial charge in [-0.05, 0) is 53.7 Å². The van der Waals surface area contributed by atoms with Crippen LogP contribution < -0.4 is 0 Å². The molecule has 0 aliphatic carbocycles. The Balaban J connectivity index is 1.76. The van der Waals surface area contributed by atoms with E-state index in [1.54, 1.807) is 30.3 Å². The molecule has 27 heavy (non-hydrogen) atoms. The summed E-state index contributed by atoms with van der Waals surface area (Å²) >= 11 is 6.33. The second-order valence-electron chi connectivity index (χ2n) is 5.32. The fourth-order valence-electron chi connectivity index (χ4n) is 2.17. The molecule has 0 saturated carbocycles. The van der Waals surface area contributed by atoms with Crippen molar-refractivity contribution < 1.29 is 9.72 Å². The van der Waals surface area contributed by atoms with E-state index in [0.29, 0.717) is 16.0 Å². The Hall–Kier alpha value is -3.35. The molecule has 1 amide bonds. The first-order valence-corrected chi connectivity index (χ1v) is 8.77. The zero-order valence-corrected chi connectivity index (χ0v) is 15.2. The van der Waals surface area contributed by atoms with Crippen molar-refractivity contribution in [3.8, 4) is 6.07 Å². The Morgan fingerprint density at radius 3 is 2.37 bits per heavy atom. The molecule has 0 aromatic heterocycles. The Morgan fingerprint density at radius 1 is 1.15 bits per heavy atom. The van der Waals surface area contributed by atoms with Crippen LogP contribution in [0.4, 0.5) is 5.69 Å². The molecule has 132 valence electrons. The van der Waals surface area contributed by atoms with E-state index in [-0.39, 0.29) is 15.9 Å². The van der Waals surface area contributed by atoms with Crippen molar-refractivity contribution in [2.45, 2.75) is 0 Å². The first-order chi connectivity index (χ1) is 13.0. The van der Waals surface area contributed by atoms with E-state index in [9.17, 15) is 14.9 Å². The van der Waals surface area contributed by atoms with Gasteiger partial charge in [0.15, 0.2) is 4.32 Å². The highest BCUT2D eigenvalue weighted by Crippen LogP contribution is 2.32. The summed E-state index contributed by atoms with van der Waals surface area (Å²) in [7, 11) is 0. The standard InChI is InChI=1S/C18H10N4O3S2/c19-10-13-3-1-12(2-4-13)9-16-17(23)21(18(26)27-16)20-11-14-5-7-15(8-6-14)22(24)25/h1-9,11H/b16-9+,20-11+. The van der Waals surface area contributed by atoms with Crippen molar-refractivity contribution in [1.29, 1.82) is 5.26 Å². The molecule has 0 radical (unpaired) electrons. The molecule has 0 bridgehead atoms.